The number of halogens is 6. The Labute approximate surface area is 255 Å². The zero-order valence-electron chi connectivity index (χ0n) is 20.5. The average molecular weight is 652 g/mol. The van der Waals surface area contributed by atoms with E-state index in [1.165, 1.54) is 19.2 Å². The van der Waals surface area contributed by atoms with Gasteiger partial charge in [0.1, 0.15) is 18.4 Å². The average Bonchev–Trinajstić information content (AvgIpc) is 2.90. The molecule has 1 unspecified atom stereocenters. The Morgan fingerprint density at radius 2 is 1.56 bits per heavy atom. The molecule has 6 nitrogen and oxygen atoms in total. The number of phenols is 2. The molecule has 0 saturated carbocycles. The largest absolute Gasteiger partial charge is 0.506 e. The summed E-state index contributed by atoms with van der Waals surface area (Å²) in [4.78, 5) is 6.37. The van der Waals surface area contributed by atoms with Gasteiger partial charge in [0.2, 0.25) is 0 Å². The van der Waals surface area contributed by atoms with Gasteiger partial charge >= 0.3 is 0 Å². The second-order valence-electron chi connectivity index (χ2n) is 8.48. The van der Waals surface area contributed by atoms with Gasteiger partial charge in [-0.05, 0) is 41.8 Å². The van der Waals surface area contributed by atoms with Crippen LogP contribution < -0.4 is 9.57 Å². The summed E-state index contributed by atoms with van der Waals surface area (Å²) in [6.45, 7) is 0.589. The van der Waals surface area contributed by atoms with Crippen LogP contribution >= 0.6 is 69.6 Å². The molecule has 0 amide bonds. The maximum atomic E-state index is 10.6. The number of nitrogens with zero attached hydrogens (tertiary/aromatic N) is 1. The number of rotatable bonds is 6. The highest BCUT2D eigenvalue weighted by atomic mass is 35.5. The van der Waals surface area contributed by atoms with Gasteiger partial charge in [-0.15, -0.1) is 5.06 Å². The number of hydrogen-bond acceptors (Lipinski definition) is 6. The van der Waals surface area contributed by atoms with Gasteiger partial charge in [-0.2, -0.15) is 0 Å². The van der Waals surface area contributed by atoms with Crippen molar-refractivity contribution < 1.29 is 24.5 Å². The Balaban J connectivity index is 1.81. The van der Waals surface area contributed by atoms with Crippen LogP contribution in [0.1, 0.15) is 28.3 Å². The van der Waals surface area contributed by atoms with E-state index >= 15 is 0 Å². The molecule has 1 aliphatic rings. The van der Waals surface area contributed by atoms with Crippen LogP contribution in [0.4, 0.5) is 0 Å². The SMILES string of the molecule is COCC#CC1c2cc(O)c(OC)cc2CCN1Oc1c(Cl)cc(Cl)c(Cl)c1Cc1c(O)c(Cl)cc(Cl)c1Cl. The number of phenolic OH excluding ortho intramolecular Hbond substituents is 2. The minimum atomic E-state index is -0.614. The van der Waals surface area contributed by atoms with Gasteiger partial charge in [-0.25, -0.2) is 0 Å². The first kappa shape index (κ1) is 30.0. The molecule has 0 aliphatic carbocycles. The van der Waals surface area contributed by atoms with Crippen molar-refractivity contribution in [3.05, 3.63) is 76.7 Å². The summed E-state index contributed by atoms with van der Waals surface area (Å²) in [5.41, 5.74) is 2.23. The van der Waals surface area contributed by atoms with E-state index in [1.807, 2.05) is 0 Å². The predicted molar refractivity (Wildman–Crippen MR) is 156 cm³/mol. The number of methoxy groups -OCH3 is 2. The third kappa shape index (κ3) is 6.22. The Bertz CT molecular complexity index is 1460. The van der Waals surface area contributed by atoms with Gasteiger partial charge in [0.25, 0.3) is 0 Å². The maximum absolute atomic E-state index is 10.6. The minimum Gasteiger partial charge on any atom is -0.506 e. The zero-order valence-corrected chi connectivity index (χ0v) is 25.1. The maximum Gasteiger partial charge on any atom is 0.171 e. The summed E-state index contributed by atoms with van der Waals surface area (Å²) >= 11 is 38.4. The first-order valence-corrected chi connectivity index (χ1v) is 13.7. The smallest absolute Gasteiger partial charge is 0.171 e. The molecule has 1 aliphatic heterocycles. The molecule has 39 heavy (non-hydrogen) atoms. The number of benzene rings is 3. The fraction of sp³-hybridized carbons (Fsp3) is 0.259. The van der Waals surface area contributed by atoms with E-state index in [9.17, 15) is 10.2 Å². The van der Waals surface area contributed by atoms with Gasteiger partial charge in [0, 0.05) is 31.2 Å². The van der Waals surface area contributed by atoms with Crippen LogP contribution in [0.15, 0.2) is 24.3 Å². The van der Waals surface area contributed by atoms with Crippen molar-refractivity contribution in [3.63, 3.8) is 0 Å². The van der Waals surface area contributed by atoms with Crippen LogP contribution in [0.2, 0.25) is 30.1 Å². The quantitative estimate of drug-likeness (QED) is 0.207. The monoisotopic (exact) mass is 649 g/mol. The lowest BCUT2D eigenvalue weighted by molar-refractivity contribution is -0.0854. The van der Waals surface area contributed by atoms with Crippen LogP contribution in [0.5, 0.6) is 23.0 Å². The third-order valence-corrected chi connectivity index (χ3v) is 8.32. The summed E-state index contributed by atoms with van der Waals surface area (Å²) in [5.74, 6) is 6.34. The normalized spacial score (nSPS) is 14.9. The second-order valence-corrected chi connectivity index (χ2v) is 10.9. The fourth-order valence-electron chi connectivity index (χ4n) is 4.21. The molecule has 0 radical (unpaired) electrons. The van der Waals surface area contributed by atoms with E-state index in [0.717, 1.165) is 11.1 Å². The third-order valence-electron chi connectivity index (χ3n) is 6.10. The van der Waals surface area contributed by atoms with E-state index < -0.39 is 6.04 Å². The molecule has 1 atom stereocenters. The van der Waals surface area contributed by atoms with Crippen molar-refractivity contribution in [3.8, 4) is 34.8 Å². The lowest BCUT2D eigenvalue weighted by Crippen LogP contribution is -2.38. The van der Waals surface area contributed by atoms with Gasteiger partial charge in [-0.3, -0.25) is 0 Å². The Morgan fingerprint density at radius 1 is 0.897 bits per heavy atom. The Hall–Kier alpha value is -1.92. The van der Waals surface area contributed by atoms with Crippen LogP contribution in [-0.4, -0.2) is 42.6 Å². The van der Waals surface area contributed by atoms with E-state index in [2.05, 4.69) is 11.8 Å². The molecular weight excluding hydrogens is 631 g/mol. The number of ether oxygens (including phenoxy) is 2. The molecule has 0 bridgehead atoms. The lowest BCUT2D eigenvalue weighted by atomic mass is 9.93. The number of fused-ring (bicyclic) bond motifs is 1. The summed E-state index contributed by atoms with van der Waals surface area (Å²) in [7, 11) is 3.03. The van der Waals surface area contributed by atoms with Crippen molar-refractivity contribution in [2.45, 2.75) is 18.9 Å². The van der Waals surface area contributed by atoms with Crippen molar-refractivity contribution >= 4 is 69.6 Å². The van der Waals surface area contributed by atoms with E-state index in [1.54, 1.807) is 24.3 Å². The number of hydroxylamine groups is 2. The molecule has 2 N–H and O–H groups in total. The first-order chi connectivity index (χ1) is 18.6. The second kappa shape index (κ2) is 12.7. The molecule has 0 aromatic heterocycles. The minimum absolute atomic E-state index is 0.0162. The Morgan fingerprint density at radius 3 is 2.23 bits per heavy atom. The standard InChI is InChI=1S/C27H21Cl6NO5/c1-37-7-3-4-21-14-10-22(35)23(38-2)8-13(14)5-6-34(21)39-27-16(25(33)18(29)12-20(27)31)9-15-24(32)17(28)11-19(30)26(15)36/h8,10-12,21,35-36H,5-7,9H2,1-2H3. The van der Waals surface area contributed by atoms with Crippen LogP contribution in [0.3, 0.4) is 0 Å². The van der Waals surface area contributed by atoms with Gasteiger partial charge in [0.15, 0.2) is 17.2 Å². The summed E-state index contributed by atoms with van der Waals surface area (Å²) in [6, 6.07) is 5.55. The van der Waals surface area contributed by atoms with Crippen LogP contribution in [0, 0.1) is 11.8 Å². The lowest BCUT2D eigenvalue weighted by Gasteiger charge is -2.34. The van der Waals surface area contributed by atoms with Crippen LogP contribution in [0.25, 0.3) is 0 Å². The van der Waals surface area contributed by atoms with Gasteiger partial charge in [0.05, 0.1) is 37.2 Å². The fourth-order valence-corrected chi connectivity index (χ4v) is 5.67. The van der Waals surface area contributed by atoms with Crippen molar-refractivity contribution in [1.82, 2.24) is 5.06 Å². The number of hydrogen-bond donors (Lipinski definition) is 2. The molecule has 12 heteroatoms. The Kier molecular flexibility index (Phi) is 9.80. The molecule has 0 saturated heterocycles. The molecule has 1 heterocycles. The molecular formula is C27H21Cl6NO5. The molecule has 0 spiro atoms. The van der Waals surface area contributed by atoms with Gasteiger partial charge in [-0.1, -0.05) is 81.4 Å². The first-order valence-electron chi connectivity index (χ1n) is 11.4. The molecule has 3 aromatic carbocycles. The molecule has 3 aromatic rings. The summed E-state index contributed by atoms with van der Waals surface area (Å²) < 4.78 is 10.4. The van der Waals surface area contributed by atoms with Crippen molar-refractivity contribution in [1.29, 1.82) is 0 Å². The highest BCUT2D eigenvalue weighted by molar-refractivity contribution is 6.45. The van der Waals surface area contributed by atoms with Crippen molar-refractivity contribution in [2.24, 2.45) is 0 Å². The molecule has 0 fully saturated rings. The van der Waals surface area contributed by atoms with Gasteiger partial charge < -0.3 is 24.5 Å². The highest BCUT2D eigenvalue weighted by Crippen LogP contribution is 2.46. The molecule has 206 valence electrons. The highest BCUT2D eigenvalue weighted by Gasteiger charge is 2.32. The summed E-state index contributed by atoms with van der Waals surface area (Å²) in [6.07, 6.45) is 0.501. The zero-order chi connectivity index (χ0) is 28.4. The predicted octanol–water partition coefficient (Wildman–Crippen LogP) is 8.16. The van der Waals surface area contributed by atoms with E-state index in [4.69, 9.17) is 83.9 Å². The van der Waals surface area contributed by atoms with E-state index in [0.29, 0.717) is 24.3 Å². The molecule has 4 rings (SSSR count). The van der Waals surface area contributed by atoms with Crippen LogP contribution in [-0.2, 0) is 17.6 Å². The summed E-state index contributed by atoms with van der Waals surface area (Å²) in [5, 5.41) is 23.5. The number of aromatic hydroxyl groups is 2. The van der Waals surface area contributed by atoms with Crippen molar-refractivity contribution in [2.75, 3.05) is 27.4 Å². The van der Waals surface area contributed by atoms with E-state index in [-0.39, 0.29) is 66.0 Å². The topological polar surface area (TPSA) is 71.4 Å².